The first-order valence-corrected chi connectivity index (χ1v) is 3.84. The molecule has 0 unspecified atom stereocenters. The highest BCUT2D eigenvalue weighted by Crippen LogP contribution is 2.10. The predicted octanol–water partition coefficient (Wildman–Crippen LogP) is 0.672. The first-order chi connectivity index (χ1) is 6.45. The molecule has 0 atom stereocenters. The van der Waals surface area contributed by atoms with Crippen LogP contribution in [0.5, 0.6) is 0 Å². The van der Waals surface area contributed by atoms with Gasteiger partial charge in [-0.05, 0) is 12.1 Å². The molecular formula is C8H5N5. The van der Waals surface area contributed by atoms with Crippen LogP contribution in [0.15, 0.2) is 30.9 Å². The summed E-state index contributed by atoms with van der Waals surface area (Å²) in [5.74, 6) is 0. The van der Waals surface area contributed by atoms with E-state index in [9.17, 15) is 0 Å². The number of hydrogen-bond acceptors (Lipinski definition) is 4. The van der Waals surface area contributed by atoms with E-state index in [1.165, 1.54) is 0 Å². The molecule has 0 fully saturated rings. The maximum absolute atomic E-state index is 4.31. The fourth-order valence-electron chi connectivity index (χ4n) is 1.32. The van der Waals surface area contributed by atoms with E-state index in [0.717, 1.165) is 16.8 Å². The van der Waals surface area contributed by atoms with Crippen LogP contribution in [-0.2, 0) is 0 Å². The van der Waals surface area contributed by atoms with Gasteiger partial charge in [0, 0.05) is 6.20 Å². The van der Waals surface area contributed by atoms with Gasteiger partial charge < -0.3 is 0 Å². The Bertz CT molecular complexity index is 520. The molecule has 0 radical (unpaired) electrons. The van der Waals surface area contributed by atoms with Gasteiger partial charge in [0.15, 0.2) is 11.3 Å². The van der Waals surface area contributed by atoms with Crippen LogP contribution in [0.3, 0.4) is 0 Å². The predicted molar refractivity (Wildman–Crippen MR) is 46.1 cm³/mol. The Balaban J connectivity index is 2.64. The van der Waals surface area contributed by atoms with Crippen molar-refractivity contribution in [1.29, 1.82) is 0 Å². The molecule has 0 bridgehead atoms. The highest BCUT2D eigenvalue weighted by Gasteiger charge is 2.02. The SMILES string of the molecule is c1cnc2c(c1)nc1cnncn12. The van der Waals surface area contributed by atoms with Crippen molar-refractivity contribution in [3.8, 4) is 0 Å². The van der Waals surface area contributed by atoms with Crippen molar-refractivity contribution in [2.75, 3.05) is 0 Å². The molecule has 0 aliphatic rings. The van der Waals surface area contributed by atoms with Crippen molar-refractivity contribution in [2.24, 2.45) is 0 Å². The molecule has 3 heterocycles. The molecular weight excluding hydrogens is 166 g/mol. The minimum absolute atomic E-state index is 0.767. The molecule has 3 aromatic heterocycles. The lowest BCUT2D eigenvalue weighted by atomic mass is 10.4. The summed E-state index contributed by atoms with van der Waals surface area (Å²) >= 11 is 0. The van der Waals surface area contributed by atoms with Crippen molar-refractivity contribution < 1.29 is 0 Å². The Morgan fingerprint density at radius 1 is 1.23 bits per heavy atom. The van der Waals surface area contributed by atoms with E-state index in [-0.39, 0.29) is 0 Å². The Hall–Kier alpha value is -2.04. The van der Waals surface area contributed by atoms with Crippen molar-refractivity contribution >= 4 is 16.8 Å². The fraction of sp³-hybridized carbons (Fsp3) is 0. The second-order valence-electron chi connectivity index (χ2n) is 2.66. The van der Waals surface area contributed by atoms with E-state index in [1.807, 2.05) is 16.5 Å². The van der Waals surface area contributed by atoms with Crippen LogP contribution in [0.2, 0.25) is 0 Å². The van der Waals surface area contributed by atoms with Gasteiger partial charge in [-0.1, -0.05) is 0 Å². The van der Waals surface area contributed by atoms with Gasteiger partial charge >= 0.3 is 0 Å². The first-order valence-electron chi connectivity index (χ1n) is 3.84. The molecule has 5 heteroatoms. The normalized spacial score (nSPS) is 11.1. The zero-order valence-electron chi connectivity index (χ0n) is 6.62. The van der Waals surface area contributed by atoms with Gasteiger partial charge in [-0.2, -0.15) is 5.10 Å². The smallest absolute Gasteiger partial charge is 0.165 e. The summed E-state index contributed by atoms with van der Waals surface area (Å²) in [6.45, 7) is 0. The average molecular weight is 171 g/mol. The van der Waals surface area contributed by atoms with Crippen LogP contribution in [0, 0.1) is 0 Å². The van der Waals surface area contributed by atoms with E-state index >= 15 is 0 Å². The number of hydrogen-bond donors (Lipinski definition) is 0. The molecule has 0 aromatic carbocycles. The Morgan fingerprint density at radius 2 is 2.23 bits per heavy atom. The van der Waals surface area contributed by atoms with E-state index in [1.54, 1.807) is 18.7 Å². The van der Waals surface area contributed by atoms with Crippen LogP contribution < -0.4 is 0 Å². The third kappa shape index (κ3) is 0.807. The van der Waals surface area contributed by atoms with E-state index in [0.29, 0.717) is 0 Å². The highest BCUT2D eigenvalue weighted by atomic mass is 15.2. The van der Waals surface area contributed by atoms with E-state index in [4.69, 9.17) is 0 Å². The number of rotatable bonds is 0. The standard InChI is InChI=1S/C8H5N5/c1-2-6-8(9-3-1)13-5-11-10-4-7(13)12-6/h1-5H. The maximum Gasteiger partial charge on any atom is 0.165 e. The van der Waals surface area contributed by atoms with Gasteiger partial charge in [0.2, 0.25) is 0 Å². The van der Waals surface area contributed by atoms with Crippen molar-refractivity contribution in [3.63, 3.8) is 0 Å². The summed E-state index contributed by atoms with van der Waals surface area (Å²) in [4.78, 5) is 8.52. The van der Waals surface area contributed by atoms with Gasteiger partial charge in [-0.3, -0.25) is 4.40 Å². The molecule has 62 valence electrons. The minimum Gasteiger partial charge on any atom is -0.264 e. The summed E-state index contributed by atoms with van der Waals surface area (Å²) in [5.41, 5.74) is 2.44. The number of fused-ring (bicyclic) bond motifs is 3. The zero-order chi connectivity index (χ0) is 8.67. The number of imidazole rings is 1. The van der Waals surface area contributed by atoms with Crippen LogP contribution in [-0.4, -0.2) is 24.6 Å². The summed E-state index contributed by atoms with van der Waals surface area (Å²) in [5, 5.41) is 7.52. The molecule has 0 saturated carbocycles. The number of pyridine rings is 1. The van der Waals surface area contributed by atoms with Crippen molar-refractivity contribution in [2.45, 2.75) is 0 Å². The Morgan fingerprint density at radius 3 is 3.23 bits per heavy atom. The summed E-state index contributed by atoms with van der Waals surface area (Å²) in [7, 11) is 0. The summed E-state index contributed by atoms with van der Waals surface area (Å²) in [6, 6.07) is 3.77. The van der Waals surface area contributed by atoms with Crippen LogP contribution in [0.4, 0.5) is 0 Å². The van der Waals surface area contributed by atoms with E-state index < -0.39 is 0 Å². The Kier molecular flexibility index (Phi) is 1.11. The van der Waals surface area contributed by atoms with Crippen LogP contribution in [0.1, 0.15) is 0 Å². The second-order valence-corrected chi connectivity index (χ2v) is 2.66. The summed E-state index contributed by atoms with van der Waals surface area (Å²) in [6.07, 6.45) is 4.95. The van der Waals surface area contributed by atoms with Crippen molar-refractivity contribution in [1.82, 2.24) is 24.6 Å². The quantitative estimate of drug-likeness (QED) is 0.499. The van der Waals surface area contributed by atoms with Gasteiger partial charge in [0.1, 0.15) is 11.8 Å². The number of aromatic nitrogens is 5. The first kappa shape index (κ1) is 6.47. The zero-order valence-corrected chi connectivity index (χ0v) is 6.62. The lowest BCUT2D eigenvalue weighted by Crippen LogP contribution is -1.89. The third-order valence-corrected chi connectivity index (χ3v) is 1.88. The lowest BCUT2D eigenvalue weighted by Gasteiger charge is -1.89. The van der Waals surface area contributed by atoms with Crippen LogP contribution in [0.25, 0.3) is 16.8 Å². The molecule has 3 rings (SSSR count). The molecule has 5 nitrogen and oxygen atoms in total. The van der Waals surface area contributed by atoms with Gasteiger partial charge in [0.25, 0.3) is 0 Å². The molecule has 0 aliphatic heterocycles. The monoisotopic (exact) mass is 171 g/mol. The topological polar surface area (TPSA) is 56.0 Å². The van der Waals surface area contributed by atoms with Gasteiger partial charge in [-0.15, -0.1) is 5.10 Å². The lowest BCUT2D eigenvalue weighted by molar-refractivity contribution is 0.950. The molecule has 0 spiro atoms. The highest BCUT2D eigenvalue weighted by molar-refractivity contribution is 5.75. The minimum atomic E-state index is 0.767. The van der Waals surface area contributed by atoms with Gasteiger partial charge in [-0.25, -0.2) is 9.97 Å². The maximum atomic E-state index is 4.31. The second kappa shape index (κ2) is 2.22. The fourth-order valence-corrected chi connectivity index (χ4v) is 1.32. The molecule has 13 heavy (non-hydrogen) atoms. The summed E-state index contributed by atoms with van der Waals surface area (Å²) < 4.78 is 1.81. The van der Waals surface area contributed by atoms with Crippen LogP contribution >= 0.6 is 0 Å². The molecule has 0 aliphatic carbocycles. The largest absolute Gasteiger partial charge is 0.264 e. The Labute approximate surface area is 73.1 Å². The molecule has 0 saturated heterocycles. The molecule has 0 N–H and O–H groups in total. The molecule has 0 amide bonds. The molecule has 3 aromatic rings. The third-order valence-electron chi connectivity index (χ3n) is 1.88. The van der Waals surface area contributed by atoms with Gasteiger partial charge in [0.05, 0.1) is 6.20 Å². The van der Waals surface area contributed by atoms with E-state index in [2.05, 4.69) is 20.2 Å². The van der Waals surface area contributed by atoms with Crippen molar-refractivity contribution in [3.05, 3.63) is 30.9 Å². The average Bonchev–Trinajstić information content (AvgIpc) is 2.56. The number of nitrogens with zero attached hydrogens (tertiary/aromatic N) is 5.